The van der Waals surface area contributed by atoms with Crippen LogP contribution in [0.1, 0.15) is 11.1 Å². The van der Waals surface area contributed by atoms with Crippen molar-refractivity contribution in [3.63, 3.8) is 0 Å². The molecule has 0 aliphatic heterocycles. The van der Waals surface area contributed by atoms with Crippen LogP contribution in [0.15, 0.2) is 54.5 Å². The molecule has 1 rings (SSSR count). The number of nitrogens with one attached hydrogen (secondary N) is 1. The predicted octanol–water partition coefficient (Wildman–Crippen LogP) is 1.53. The minimum Gasteiger partial charge on any atom is -0.441 e. The Morgan fingerprint density at radius 2 is 2.09 bits per heavy atom. The fourth-order valence-corrected chi connectivity index (χ4v) is 1.83. The van der Waals surface area contributed by atoms with Crippen molar-refractivity contribution >= 4 is 5.91 Å². The first kappa shape index (κ1) is 17.5. The number of likely N-dealkylation sites (N-methyl/N-ethyl adjacent to an activating group) is 1. The molecular weight excluding hydrogens is 278 g/mol. The van der Waals surface area contributed by atoms with Gasteiger partial charge in [-0.25, -0.2) is 0 Å². The minimum atomic E-state index is -0.566. The number of amides is 1. The lowest BCUT2D eigenvalue weighted by molar-refractivity contribution is -0.114. The average molecular weight is 301 g/mol. The normalized spacial score (nSPS) is 12.1. The number of aryl methyl sites for hydroxylation is 1. The van der Waals surface area contributed by atoms with Crippen molar-refractivity contribution in [1.82, 2.24) is 5.32 Å². The highest BCUT2D eigenvalue weighted by molar-refractivity contribution is 5.94. The highest BCUT2D eigenvalue weighted by Crippen LogP contribution is 2.20. The molecule has 0 radical (unpaired) electrons. The third kappa shape index (κ3) is 5.46. The number of allylic oxidation sites excluding steroid dienone is 2. The van der Waals surface area contributed by atoms with Gasteiger partial charge in [0, 0.05) is 5.57 Å². The van der Waals surface area contributed by atoms with Gasteiger partial charge in [-0.3, -0.25) is 4.79 Å². The van der Waals surface area contributed by atoms with Crippen molar-refractivity contribution in [3.05, 3.63) is 65.6 Å². The number of hydrogen-bond acceptors (Lipinski definition) is 4. The van der Waals surface area contributed by atoms with E-state index in [4.69, 9.17) is 16.2 Å². The van der Waals surface area contributed by atoms with Gasteiger partial charge in [-0.15, -0.1) is 0 Å². The highest BCUT2D eigenvalue weighted by Gasteiger charge is 2.03. The topological polar surface area (TPSA) is 90.4 Å². The smallest absolute Gasteiger partial charge is 0.248 e. The van der Waals surface area contributed by atoms with E-state index in [-0.39, 0.29) is 11.5 Å². The van der Waals surface area contributed by atoms with Crippen molar-refractivity contribution < 1.29 is 9.53 Å². The molecule has 0 heterocycles. The summed E-state index contributed by atoms with van der Waals surface area (Å²) >= 11 is 0. The molecule has 0 saturated heterocycles. The summed E-state index contributed by atoms with van der Waals surface area (Å²) in [6.07, 6.45) is 5.28. The Balaban J connectivity index is 2.81. The molecule has 118 valence electrons. The van der Waals surface area contributed by atoms with Gasteiger partial charge in [0.05, 0.1) is 0 Å². The maximum atomic E-state index is 11.0. The third-order valence-corrected chi connectivity index (χ3v) is 3.06. The standard InChI is InChI=1S/C17H23N3O2/c1-4-14(17(19)21)6-8-16(18)22-15-7-5-13(9-10-20-3)11-12(15)2/h4-8,11,20H,1,9-10,18H2,2-3H3,(H2,19,21)/b14-6+,16-8+. The fraction of sp³-hybridized carbons (Fsp3) is 0.235. The summed E-state index contributed by atoms with van der Waals surface area (Å²) in [6.45, 7) is 6.39. The first-order chi connectivity index (χ1) is 10.5. The maximum Gasteiger partial charge on any atom is 0.248 e. The van der Waals surface area contributed by atoms with E-state index in [1.54, 1.807) is 0 Å². The Morgan fingerprint density at radius 3 is 2.64 bits per heavy atom. The van der Waals surface area contributed by atoms with Crippen LogP contribution in [-0.2, 0) is 11.2 Å². The van der Waals surface area contributed by atoms with Crippen LogP contribution in [0.25, 0.3) is 0 Å². The number of carbonyl (C=O) groups excluding carboxylic acids is 1. The van der Waals surface area contributed by atoms with Gasteiger partial charge in [-0.1, -0.05) is 24.8 Å². The van der Waals surface area contributed by atoms with Gasteiger partial charge in [0.2, 0.25) is 5.91 Å². The molecule has 1 aromatic carbocycles. The Bertz CT molecular complexity index is 604. The SMILES string of the molecule is C=C/C(=C\C=C(/N)Oc1ccc(CCNC)cc1C)C(N)=O. The summed E-state index contributed by atoms with van der Waals surface area (Å²) < 4.78 is 5.57. The van der Waals surface area contributed by atoms with Gasteiger partial charge in [0.1, 0.15) is 5.75 Å². The second kappa shape index (κ2) is 8.69. The number of carbonyl (C=O) groups is 1. The van der Waals surface area contributed by atoms with Gasteiger partial charge < -0.3 is 21.5 Å². The van der Waals surface area contributed by atoms with Crippen molar-refractivity contribution in [1.29, 1.82) is 0 Å². The molecule has 0 atom stereocenters. The van der Waals surface area contributed by atoms with Crippen LogP contribution < -0.4 is 21.5 Å². The molecule has 1 amide bonds. The van der Waals surface area contributed by atoms with Crippen LogP contribution in [-0.4, -0.2) is 19.5 Å². The van der Waals surface area contributed by atoms with E-state index in [9.17, 15) is 4.79 Å². The number of hydrogen-bond donors (Lipinski definition) is 3. The Morgan fingerprint density at radius 1 is 1.36 bits per heavy atom. The van der Waals surface area contributed by atoms with Crippen molar-refractivity contribution in [2.24, 2.45) is 11.5 Å². The second-order valence-electron chi connectivity index (χ2n) is 4.81. The maximum absolute atomic E-state index is 11.0. The van der Waals surface area contributed by atoms with Crippen LogP contribution in [0.2, 0.25) is 0 Å². The van der Waals surface area contributed by atoms with E-state index < -0.39 is 5.91 Å². The zero-order valence-electron chi connectivity index (χ0n) is 13.1. The van der Waals surface area contributed by atoms with E-state index in [0.717, 1.165) is 18.5 Å². The van der Waals surface area contributed by atoms with Gasteiger partial charge in [-0.05, 0) is 56.3 Å². The first-order valence-electron chi connectivity index (χ1n) is 6.99. The zero-order valence-corrected chi connectivity index (χ0v) is 13.1. The van der Waals surface area contributed by atoms with Crippen molar-refractivity contribution in [2.75, 3.05) is 13.6 Å². The lowest BCUT2D eigenvalue weighted by Crippen LogP contribution is -2.12. The van der Waals surface area contributed by atoms with Crippen LogP contribution in [0.4, 0.5) is 0 Å². The average Bonchev–Trinajstić information content (AvgIpc) is 2.48. The first-order valence-corrected chi connectivity index (χ1v) is 6.99. The Labute approximate surface area is 131 Å². The molecular formula is C17H23N3O2. The summed E-state index contributed by atoms with van der Waals surface area (Å²) in [4.78, 5) is 11.0. The second-order valence-corrected chi connectivity index (χ2v) is 4.81. The quantitative estimate of drug-likeness (QED) is 0.386. The highest BCUT2D eigenvalue weighted by atomic mass is 16.5. The number of ether oxygens (including phenoxy) is 1. The lowest BCUT2D eigenvalue weighted by Gasteiger charge is -2.10. The van der Waals surface area contributed by atoms with Gasteiger partial charge >= 0.3 is 0 Å². The summed E-state index contributed by atoms with van der Waals surface area (Å²) in [5.74, 6) is 0.283. The number of benzene rings is 1. The zero-order chi connectivity index (χ0) is 16.5. The van der Waals surface area contributed by atoms with Gasteiger partial charge in [0.25, 0.3) is 0 Å². The van der Waals surface area contributed by atoms with E-state index in [1.807, 2.05) is 26.1 Å². The predicted molar refractivity (Wildman–Crippen MR) is 89.2 cm³/mol. The van der Waals surface area contributed by atoms with Crippen LogP contribution in [0, 0.1) is 6.92 Å². The molecule has 22 heavy (non-hydrogen) atoms. The Hall–Kier alpha value is -2.53. The number of nitrogens with two attached hydrogens (primary N) is 2. The summed E-state index contributed by atoms with van der Waals surface area (Å²) in [5, 5.41) is 3.11. The molecule has 1 aromatic rings. The molecule has 5 N–H and O–H groups in total. The summed E-state index contributed by atoms with van der Waals surface area (Å²) in [7, 11) is 1.92. The number of rotatable bonds is 8. The van der Waals surface area contributed by atoms with E-state index in [1.165, 1.54) is 23.8 Å². The summed E-state index contributed by atoms with van der Waals surface area (Å²) in [5.41, 5.74) is 13.5. The minimum absolute atomic E-state index is 0.173. The molecule has 0 saturated carbocycles. The van der Waals surface area contributed by atoms with E-state index >= 15 is 0 Å². The molecule has 0 aromatic heterocycles. The van der Waals surface area contributed by atoms with Gasteiger partial charge in [-0.2, -0.15) is 0 Å². The third-order valence-electron chi connectivity index (χ3n) is 3.06. The molecule has 5 nitrogen and oxygen atoms in total. The molecule has 0 aliphatic rings. The number of primary amides is 1. The summed E-state index contributed by atoms with van der Waals surface area (Å²) in [6, 6.07) is 5.95. The van der Waals surface area contributed by atoms with E-state index in [2.05, 4.69) is 18.0 Å². The van der Waals surface area contributed by atoms with Crippen LogP contribution >= 0.6 is 0 Å². The monoisotopic (exact) mass is 301 g/mol. The Kier molecular flexibility index (Phi) is 6.92. The fourth-order valence-electron chi connectivity index (χ4n) is 1.83. The van der Waals surface area contributed by atoms with Crippen molar-refractivity contribution in [2.45, 2.75) is 13.3 Å². The lowest BCUT2D eigenvalue weighted by atomic mass is 10.1. The largest absolute Gasteiger partial charge is 0.441 e. The van der Waals surface area contributed by atoms with E-state index in [0.29, 0.717) is 5.75 Å². The molecule has 5 heteroatoms. The van der Waals surface area contributed by atoms with Crippen molar-refractivity contribution in [3.8, 4) is 5.75 Å². The molecule has 0 unspecified atom stereocenters. The van der Waals surface area contributed by atoms with Gasteiger partial charge in [0.15, 0.2) is 5.88 Å². The molecule has 0 spiro atoms. The van der Waals surface area contributed by atoms with Crippen LogP contribution in [0.5, 0.6) is 5.75 Å². The molecule has 0 fully saturated rings. The van der Waals surface area contributed by atoms with Crippen LogP contribution in [0.3, 0.4) is 0 Å². The molecule has 0 aliphatic carbocycles. The molecule has 0 bridgehead atoms.